The summed E-state index contributed by atoms with van der Waals surface area (Å²) in [7, 11) is 0. The summed E-state index contributed by atoms with van der Waals surface area (Å²) in [5, 5.41) is 2.90. The molecule has 0 heterocycles. The lowest BCUT2D eigenvalue weighted by molar-refractivity contribution is -0.155. The van der Waals surface area contributed by atoms with Gasteiger partial charge in [-0.25, -0.2) is 0 Å². The zero-order valence-corrected chi connectivity index (χ0v) is 16.7. The molecule has 0 aromatic rings. The van der Waals surface area contributed by atoms with Gasteiger partial charge in [0, 0.05) is 9.86 Å². The molecule has 0 aromatic carbocycles. The molecule has 4 aliphatic carbocycles. The number of hydrogen-bond acceptors (Lipinski definition) is 3. The van der Waals surface area contributed by atoms with Crippen LogP contribution in [0.15, 0.2) is 0 Å². The zero-order valence-electron chi connectivity index (χ0n) is 15.1. The molecule has 4 bridgehead atoms. The molecular weight excluding hydrogens is 370 g/mol. The van der Waals surface area contributed by atoms with Gasteiger partial charge in [0.25, 0.3) is 5.91 Å². The topological polar surface area (TPSA) is 55.4 Å². The fourth-order valence-electron chi connectivity index (χ4n) is 5.55. The van der Waals surface area contributed by atoms with Gasteiger partial charge >= 0.3 is 5.97 Å². The summed E-state index contributed by atoms with van der Waals surface area (Å²) in [5.41, 5.74) is -0.157. The van der Waals surface area contributed by atoms with Crippen molar-refractivity contribution in [1.82, 2.24) is 5.32 Å². The van der Waals surface area contributed by atoms with E-state index in [1.54, 1.807) is 0 Å². The average molecular weight is 400 g/mol. The summed E-state index contributed by atoms with van der Waals surface area (Å²) >= 11 is 3.97. The molecule has 4 rings (SSSR count). The van der Waals surface area contributed by atoms with Gasteiger partial charge in [0.15, 0.2) is 6.61 Å². The van der Waals surface area contributed by atoms with Crippen molar-refractivity contribution < 1.29 is 14.3 Å². The van der Waals surface area contributed by atoms with Crippen LogP contribution in [0.4, 0.5) is 0 Å². The third-order valence-electron chi connectivity index (χ3n) is 6.36. The van der Waals surface area contributed by atoms with Crippen LogP contribution >= 0.6 is 15.9 Å². The first-order valence-corrected chi connectivity index (χ1v) is 10.1. The molecule has 0 saturated heterocycles. The third-order valence-corrected chi connectivity index (χ3v) is 7.28. The van der Waals surface area contributed by atoms with Crippen LogP contribution in [0.25, 0.3) is 0 Å². The fourth-order valence-corrected chi connectivity index (χ4v) is 7.06. The van der Waals surface area contributed by atoms with Crippen molar-refractivity contribution in [3.05, 3.63) is 0 Å². The number of carbonyl (C=O) groups excluding carboxylic acids is 2. The van der Waals surface area contributed by atoms with Gasteiger partial charge < -0.3 is 10.1 Å². The first-order chi connectivity index (χ1) is 11.1. The Balaban J connectivity index is 1.51. The summed E-state index contributed by atoms with van der Waals surface area (Å²) in [6.07, 6.45) is 8.55. The van der Waals surface area contributed by atoms with Crippen molar-refractivity contribution in [2.24, 2.45) is 17.3 Å². The lowest BCUT2D eigenvalue weighted by Gasteiger charge is -2.60. The second-order valence-electron chi connectivity index (χ2n) is 9.23. The predicted octanol–water partition coefficient (Wildman–Crippen LogP) is 3.96. The molecular formula is C19H30BrNO3. The number of hydrogen-bond donors (Lipinski definition) is 1. The second-order valence-corrected chi connectivity index (χ2v) is 10.9. The van der Waals surface area contributed by atoms with E-state index in [0.29, 0.717) is 6.42 Å². The largest absolute Gasteiger partial charge is 0.456 e. The van der Waals surface area contributed by atoms with E-state index in [0.717, 1.165) is 37.5 Å². The number of ether oxygens (including phenoxy) is 1. The molecule has 1 N–H and O–H groups in total. The van der Waals surface area contributed by atoms with Crippen LogP contribution in [0.3, 0.4) is 0 Å². The van der Waals surface area contributed by atoms with Crippen molar-refractivity contribution in [3.63, 3.8) is 0 Å². The molecule has 0 unspecified atom stereocenters. The van der Waals surface area contributed by atoms with Crippen molar-refractivity contribution >= 4 is 27.8 Å². The van der Waals surface area contributed by atoms with Gasteiger partial charge in [0.1, 0.15) is 0 Å². The number of esters is 1. The highest BCUT2D eigenvalue weighted by Gasteiger charge is 2.57. The number of nitrogens with one attached hydrogen (secondary N) is 1. The normalized spacial score (nSPS) is 37.3. The van der Waals surface area contributed by atoms with Gasteiger partial charge in [0.05, 0.1) is 6.42 Å². The van der Waals surface area contributed by atoms with Gasteiger partial charge in [-0.15, -0.1) is 0 Å². The van der Waals surface area contributed by atoms with E-state index < -0.39 is 0 Å². The maximum absolute atomic E-state index is 12.4. The van der Waals surface area contributed by atoms with E-state index >= 15 is 0 Å². The number of halogens is 1. The van der Waals surface area contributed by atoms with Crippen LogP contribution in [0.1, 0.15) is 72.1 Å². The lowest BCUT2D eigenvalue weighted by Crippen LogP contribution is -2.53. The smallest absolute Gasteiger partial charge is 0.306 e. The Hall–Kier alpha value is -0.580. The summed E-state index contributed by atoms with van der Waals surface area (Å²) in [5.74, 6) is 1.09. The van der Waals surface area contributed by atoms with Crippen LogP contribution in [-0.4, -0.2) is 28.3 Å². The van der Waals surface area contributed by atoms with Gasteiger partial charge in [-0.1, -0.05) is 22.9 Å². The first-order valence-electron chi connectivity index (χ1n) is 9.28. The van der Waals surface area contributed by atoms with Gasteiger partial charge in [-0.05, 0) is 76.0 Å². The molecule has 0 aliphatic heterocycles. The van der Waals surface area contributed by atoms with Crippen LogP contribution in [0, 0.1) is 17.3 Å². The fraction of sp³-hybridized carbons (Fsp3) is 0.895. The van der Waals surface area contributed by atoms with Crippen molar-refractivity contribution in [1.29, 1.82) is 0 Å². The maximum atomic E-state index is 12.4. The van der Waals surface area contributed by atoms with Crippen molar-refractivity contribution in [2.45, 2.75) is 82.0 Å². The van der Waals surface area contributed by atoms with E-state index in [-0.39, 0.29) is 33.8 Å². The molecule has 24 heavy (non-hydrogen) atoms. The van der Waals surface area contributed by atoms with Gasteiger partial charge in [0.2, 0.25) is 0 Å². The first kappa shape index (κ1) is 18.2. The highest BCUT2D eigenvalue weighted by Crippen LogP contribution is 2.65. The quantitative estimate of drug-likeness (QED) is 0.543. The lowest BCUT2D eigenvalue weighted by atomic mass is 9.49. The Bertz CT molecular complexity index is 517. The number of alkyl halides is 1. The molecule has 4 nitrogen and oxygen atoms in total. The number of carbonyl (C=O) groups is 2. The molecule has 136 valence electrons. The predicted molar refractivity (Wildman–Crippen MR) is 96.9 cm³/mol. The number of rotatable bonds is 6. The maximum Gasteiger partial charge on any atom is 0.306 e. The van der Waals surface area contributed by atoms with Crippen LogP contribution in [-0.2, 0) is 14.3 Å². The zero-order chi connectivity index (χ0) is 17.6. The van der Waals surface area contributed by atoms with E-state index in [4.69, 9.17) is 4.74 Å². The Morgan fingerprint density at radius 3 is 2.38 bits per heavy atom. The molecule has 2 atom stereocenters. The SMILES string of the molecule is CCC(C)(C)NC(=O)COC(=O)CC12C[C@@H]3C[C@H](CC(Br)(C3)C1)C2. The molecule has 4 saturated carbocycles. The molecule has 4 aliphatic rings. The van der Waals surface area contributed by atoms with E-state index in [1.165, 1.54) is 19.3 Å². The Morgan fingerprint density at radius 1 is 1.21 bits per heavy atom. The molecule has 0 spiro atoms. The molecule has 4 fully saturated rings. The van der Waals surface area contributed by atoms with E-state index in [9.17, 15) is 9.59 Å². The Kier molecular flexibility index (Phi) is 4.78. The molecule has 0 aromatic heterocycles. The van der Waals surface area contributed by atoms with E-state index in [2.05, 4.69) is 21.2 Å². The van der Waals surface area contributed by atoms with Crippen LogP contribution in [0.2, 0.25) is 0 Å². The summed E-state index contributed by atoms with van der Waals surface area (Å²) in [6, 6.07) is 0. The highest BCUT2D eigenvalue weighted by molar-refractivity contribution is 9.10. The summed E-state index contributed by atoms with van der Waals surface area (Å²) < 4.78 is 5.55. The molecule has 0 radical (unpaired) electrons. The van der Waals surface area contributed by atoms with Crippen LogP contribution in [0.5, 0.6) is 0 Å². The van der Waals surface area contributed by atoms with Gasteiger partial charge in [-0.2, -0.15) is 0 Å². The van der Waals surface area contributed by atoms with Gasteiger partial charge in [-0.3, -0.25) is 9.59 Å². The van der Waals surface area contributed by atoms with Crippen LogP contribution < -0.4 is 5.32 Å². The molecule has 1 amide bonds. The van der Waals surface area contributed by atoms with Crippen molar-refractivity contribution in [2.75, 3.05) is 6.61 Å². The minimum absolute atomic E-state index is 0.101. The minimum Gasteiger partial charge on any atom is -0.456 e. The summed E-state index contributed by atoms with van der Waals surface area (Å²) in [4.78, 5) is 24.3. The monoisotopic (exact) mass is 399 g/mol. The number of amides is 1. The Morgan fingerprint density at radius 2 is 1.83 bits per heavy atom. The standard InChI is InChI=1S/C19H30BrNO3/c1-4-17(2,3)21-15(22)11-24-16(23)10-18-6-13-5-14(7-18)9-19(20,8-13)12-18/h13-14H,4-12H2,1-3H3,(H,21,22)/t13-,14-,18?,19?/m0/s1. The Labute approximate surface area is 153 Å². The average Bonchev–Trinajstić information content (AvgIpc) is 2.41. The third kappa shape index (κ3) is 3.97. The summed E-state index contributed by atoms with van der Waals surface area (Å²) in [6.45, 7) is 5.80. The molecule has 5 heteroatoms. The van der Waals surface area contributed by atoms with Crippen molar-refractivity contribution in [3.8, 4) is 0 Å². The van der Waals surface area contributed by atoms with E-state index in [1.807, 2.05) is 20.8 Å². The highest BCUT2D eigenvalue weighted by atomic mass is 79.9. The second kappa shape index (κ2) is 6.30. The minimum atomic E-state index is -0.258.